The average Bonchev–Trinajstić information content (AvgIpc) is 3.21. The summed E-state index contributed by atoms with van der Waals surface area (Å²) in [6, 6.07) is 1.93. The molecule has 1 saturated carbocycles. The van der Waals surface area contributed by atoms with Crippen molar-refractivity contribution in [3.05, 3.63) is 35.2 Å². The van der Waals surface area contributed by atoms with E-state index >= 15 is 0 Å². The summed E-state index contributed by atoms with van der Waals surface area (Å²) in [5, 5.41) is 4.12. The lowest BCUT2D eigenvalue weighted by Gasteiger charge is -2.37. The van der Waals surface area contributed by atoms with Gasteiger partial charge in [-0.25, -0.2) is 0 Å². The minimum Gasteiger partial charge on any atom is -0.346 e. The van der Waals surface area contributed by atoms with Crippen LogP contribution in [0.15, 0.2) is 16.8 Å². The third-order valence-corrected chi connectivity index (χ3v) is 5.10. The average molecular weight is 329 g/mol. The van der Waals surface area contributed by atoms with Gasteiger partial charge in [-0.15, -0.1) is 0 Å². The van der Waals surface area contributed by atoms with Crippen molar-refractivity contribution >= 4 is 5.91 Å². The van der Waals surface area contributed by atoms with E-state index in [1.54, 1.807) is 0 Å². The van der Waals surface area contributed by atoms with Crippen molar-refractivity contribution in [2.45, 2.75) is 31.7 Å². The summed E-state index contributed by atoms with van der Waals surface area (Å²) in [4.78, 5) is 21.6. The Morgan fingerprint density at radius 1 is 1.29 bits per heavy atom. The van der Waals surface area contributed by atoms with E-state index in [4.69, 9.17) is 4.52 Å². The van der Waals surface area contributed by atoms with Gasteiger partial charge in [-0.1, -0.05) is 5.16 Å². The highest BCUT2D eigenvalue weighted by Gasteiger charge is 2.35. The topological polar surface area (TPSA) is 67.4 Å². The summed E-state index contributed by atoms with van der Waals surface area (Å²) in [6.07, 6.45) is 4.23. The summed E-state index contributed by atoms with van der Waals surface area (Å²) in [7, 11) is 3.95. The van der Waals surface area contributed by atoms with Crippen molar-refractivity contribution in [3.8, 4) is 0 Å². The van der Waals surface area contributed by atoms with Crippen LogP contribution in [-0.2, 0) is 7.05 Å². The molecular formula is C17H23N5O2. The lowest BCUT2D eigenvalue weighted by Crippen LogP contribution is -2.49. The van der Waals surface area contributed by atoms with Gasteiger partial charge in [0.15, 0.2) is 5.82 Å². The van der Waals surface area contributed by atoms with Gasteiger partial charge in [0.05, 0.1) is 0 Å². The molecule has 0 bridgehead atoms. The molecule has 24 heavy (non-hydrogen) atoms. The summed E-state index contributed by atoms with van der Waals surface area (Å²) < 4.78 is 7.39. The maximum absolute atomic E-state index is 12.9. The van der Waals surface area contributed by atoms with Crippen LogP contribution < -0.4 is 0 Å². The Kier molecular flexibility index (Phi) is 3.68. The van der Waals surface area contributed by atoms with Gasteiger partial charge in [-0.3, -0.25) is 9.69 Å². The van der Waals surface area contributed by atoms with Crippen LogP contribution in [0.4, 0.5) is 0 Å². The van der Waals surface area contributed by atoms with Gasteiger partial charge in [0.2, 0.25) is 5.89 Å². The second-order valence-electron chi connectivity index (χ2n) is 6.97. The fourth-order valence-corrected chi connectivity index (χ4v) is 3.34. The van der Waals surface area contributed by atoms with Crippen LogP contribution >= 0.6 is 0 Å². The Morgan fingerprint density at radius 3 is 2.75 bits per heavy atom. The first-order valence-electron chi connectivity index (χ1n) is 8.49. The molecule has 2 fully saturated rings. The SMILES string of the molecule is Cc1ccn(C)c1C(=O)N1CCN(C)[C@@H](c2nc(C3CC3)no2)C1. The molecular weight excluding hydrogens is 306 g/mol. The number of likely N-dealkylation sites (N-methyl/N-ethyl adjacent to an activating group) is 1. The minimum atomic E-state index is -0.0386. The number of carbonyl (C=O) groups is 1. The van der Waals surface area contributed by atoms with Gasteiger partial charge < -0.3 is 14.0 Å². The van der Waals surface area contributed by atoms with Gasteiger partial charge in [-0.05, 0) is 38.4 Å². The maximum Gasteiger partial charge on any atom is 0.270 e. The standard InChI is InChI=1S/C17H23N5O2/c1-11-6-7-21(3)14(11)17(23)22-9-8-20(2)13(10-22)16-18-15(19-24-16)12-4-5-12/h6-7,12-13H,4-5,8-10H2,1-3H3/t13-/m1/s1. The van der Waals surface area contributed by atoms with Crippen LogP contribution in [0.3, 0.4) is 0 Å². The van der Waals surface area contributed by atoms with Crippen molar-refractivity contribution in [2.75, 3.05) is 26.7 Å². The molecule has 1 amide bonds. The van der Waals surface area contributed by atoms with Gasteiger partial charge >= 0.3 is 0 Å². The number of hydrogen-bond donors (Lipinski definition) is 0. The first-order valence-corrected chi connectivity index (χ1v) is 8.49. The molecule has 0 N–H and O–H groups in total. The van der Waals surface area contributed by atoms with E-state index in [1.165, 1.54) is 0 Å². The molecule has 2 aromatic heterocycles. The van der Waals surface area contributed by atoms with Gasteiger partial charge in [-0.2, -0.15) is 4.98 Å². The number of piperazine rings is 1. The Hall–Kier alpha value is -2.15. The number of aryl methyl sites for hydroxylation is 2. The number of rotatable bonds is 3. The minimum absolute atomic E-state index is 0.0386. The molecule has 1 aliphatic carbocycles. The van der Waals surface area contributed by atoms with Crippen LogP contribution in [-0.4, -0.2) is 57.1 Å². The predicted octanol–water partition coefficient (Wildman–Crippen LogP) is 1.72. The summed E-state index contributed by atoms with van der Waals surface area (Å²) in [5.74, 6) is 1.99. The lowest BCUT2D eigenvalue weighted by atomic mass is 10.1. The van der Waals surface area contributed by atoms with E-state index in [0.717, 1.165) is 36.5 Å². The van der Waals surface area contributed by atoms with Crippen molar-refractivity contribution in [3.63, 3.8) is 0 Å². The fourth-order valence-electron chi connectivity index (χ4n) is 3.34. The van der Waals surface area contributed by atoms with Crippen LogP contribution in [0.1, 0.15) is 52.6 Å². The van der Waals surface area contributed by atoms with E-state index in [9.17, 15) is 4.79 Å². The van der Waals surface area contributed by atoms with Gasteiger partial charge in [0.25, 0.3) is 5.91 Å². The predicted molar refractivity (Wildman–Crippen MR) is 87.7 cm³/mol. The number of hydrogen-bond acceptors (Lipinski definition) is 5. The van der Waals surface area contributed by atoms with Crippen molar-refractivity contribution in [2.24, 2.45) is 7.05 Å². The Labute approximate surface area is 141 Å². The molecule has 1 aliphatic heterocycles. The second-order valence-corrected chi connectivity index (χ2v) is 6.97. The molecule has 128 valence electrons. The van der Waals surface area contributed by atoms with Gasteiger partial charge in [0.1, 0.15) is 11.7 Å². The van der Waals surface area contributed by atoms with Crippen molar-refractivity contribution in [1.29, 1.82) is 0 Å². The molecule has 4 rings (SSSR count). The molecule has 0 unspecified atom stereocenters. The molecule has 1 saturated heterocycles. The quantitative estimate of drug-likeness (QED) is 0.858. The fraction of sp³-hybridized carbons (Fsp3) is 0.588. The van der Waals surface area contributed by atoms with Crippen molar-refractivity contribution < 1.29 is 9.32 Å². The zero-order valence-corrected chi connectivity index (χ0v) is 14.4. The first-order chi connectivity index (χ1) is 11.5. The monoisotopic (exact) mass is 329 g/mol. The Morgan fingerprint density at radius 2 is 2.08 bits per heavy atom. The van der Waals surface area contributed by atoms with E-state index in [0.29, 0.717) is 24.9 Å². The molecule has 1 atom stereocenters. The van der Waals surface area contributed by atoms with E-state index < -0.39 is 0 Å². The summed E-state index contributed by atoms with van der Waals surface area (Å²) in [5.41, 5.74) is 1.76. The van der Waals surface area contributed by atoms with E-state index in [2.05, 4.69) is 15.0 Å². The normalized spacial score (nSPS) is 22.1. The third-order valence-electron chi connectivity index (χ3n) is 5.10. The summed E-state index contributed by atoms with van der Waals surface area (Å²) >= 11 is 0. The number of nitrogens with zero attached hydrogens (tertiary/aromatic N) is 5. The van der Waals surface area contributed by atoms with E-state index in [-0.39, 0.29) is 11.9 Å². The Bertz CT molecular complexity index is 741. The zero-order valence-electron chi connectivity index (χ0n) is 14.4. The molecule has 2 aliphatic rings. The first kappa shape index (κ1) is 15.4. The molecule has 0 aromatic carbocycles. The van der Waals surface area contributed by atoms with Crippen molar-refractivity contribution in [1.82, 2.24) is 24.5 Å². The van der Waals surface area contributed by atoms with Crippen LogP contribution in [0.2, 0.25) is 0 Å². The summed E-state index contributed by atoms with van der Waals surface area (Å²) in [6.45, 7) is 4.05. The zero-order chi connectivity index (χ0) is 16.8. The maximum atomic E-state index is 12.9. The molecule has 2 aromatic rings. The Balaban J connectivity index is 1.54. The number of carbonyl (C=O) groups excluding carboxylic acids is 1. The van der Waals surface area contributed by atoms with Crippen LogP contribution in [0.25, 0.3) is 0 Å². The number of amides is 1. The third kappa shape index (κ3) is 2.62. The lowest BCUT2D eigenvalue weighted by molar-refractivity contribution is 0.0480. The largest absolute Gasteiger partial charge is 0.346 e. The smallest absolute Gasteiger partial charge is 0.270 e. The van der Waals surface area contributed by atoms with Crippen LogP contribution in [0, 0.1) is 6.92 Å². The molecule has 0 spiro atoms. The second kappa shape index (κ2) is 5.73. The highest BCUT2D eigenvalue weighted by atomic mass is 16.5. The molecule has 7 heteroatoms. The van der Waals surface area contributed by atoms with E-state index in [1.807, 2.05) is 42.7 Å². The highest BCUT2D eigenvalue weighted by Crippen LogP contribution is 2.38. The van der Waals surface area contributed by atoms with Gasteiger partial charge in [0, 0.05) is 38.8 Å². The highest BCUT2D eigenvalue weighted by molar-refractivity contribution is 5.94. The molecule has 3 heterocycles. The molecule has 7 nitrogen and oxygen atoms in total. The number of aromatic nitrogens is 3. The molecule has 0 radical (unpaired) electrons. The van der Waals surface area contributed by atoms with Crippen LogP contribution in [0.5, 0.6) is 0 Å².